The summed E-state index contributed by atoms with van der Waals surface area (Å²) in [6, 6.07) is 7.95. The summed E-state index contributed by atoms with van der Waals surface area (Å²) >= 11 is 0. The molecule has 1 aliphatic carbocycles. The Balaban J connectivity index is 1.78. The fourth-order valence-electron chi connectivity index (χ4n) is 2.77. The number of nitrogens with two attached hydrogens (primary N) is 1. The molecule has 1 aromatic rings. The van der Waals surface area contributed by atoms with Crippen molar-refractivity contribution in [2.75, 3.05) is 13.7 Å². The number of hydrogen-bond donors (Lipinski definition) is 2. The maximum Gasteiger partial charge on any atom is 0.224 e. The first-order valence-corrected chi connectivity index (χ1v) is 7.37. The molecular weight excluding hydrogens is 252 g/mol. The van der Waals surface area contributed by atoms with Gasteiger partial charge in [-0.05, 0) is 37.0 Å². The first-order valence-electron chi connectivity index (χ1n) is 7.37. The van der Waals surface area contributed by atoms with E-state index in [2.05, 4.69) is 5.32 Å². The quantitative estimate of drug-likeness (QED) is 0.863. The van der Waals surface area contributed by atoms with Crippen molar-refractivity contribution < 1.29 is 9.53 Å². The monoisotopic (exact) mass is 276 g/mol. The lowest BCUT2D eigenvalue weighted by atomic mass is 9.84. The molecule has 0 bridgehead atoms. The predicted molar refractivity (Wildman–Crippen MR) is 79.6 cm³/mol. The van der Waals surface area contributed by atoms with Crippen LogP contribution in [0.1, 0.15) is 31.2 Å². The van der Waals surface area contributed by atoms with E-state index in [1.807, 2.05) is 24.3 Å². The molecule has 4 heteroatoms. The molecule has 20 heavy (non-hydrogen) atoms. The van der Waals surface area contributed by atoms with E-state index in [4.69, 9.17) is 10.5 Å². The lowest BCUT2D eigenvalue weighted by Crippen LogP contribution is -2.44. The molecule has 1 saturated carbocycles. The van der Waals surface area contributed by atoms with E-state index in [9.17, 15) is 4.79 Å². The molecule has 110 valence electrons. The van der Waals surface area contributed by atoms with Crippen LogP contribution >= 0.6 is 0 Å². The number of amides is 1. The van der Waals surface area contributed by atoms with Gasteiger partial charge in [-0.1, -0.05) is 25.0 Å². The van der Waals surface area contributed by atoms with Gasteiger partial charge >= 0.3 is 0 Å². The van der Waals surface area contributed by atoms with E-state index in [1.54, 1.807) is 7.11 Å². The summed E-state index contributed by atoms with van der Waals surface area (Å²) in [5.41, 5.74) is 7.19. The first-order chi connectivity index (χ1) is 9.70. The van der Waals surface area contributed by atoms with Crippen LogP contribution in [0.25, 0.3) is 0 Å². The molecule has 1 aliphatic rings. The van der Waals surface area contributed by atoms with Gasteiger partial charge in [0, 0.05) is 12.6 Å². The molecule has 0 aliphatic heterocycles. The summed E-state index contributed by atoms with van der Waals surface area (Å²) < 4.78 is 5.19. The van der Waals surface area contributed by atoms with Crippen molar-refractivity contribution in [1.82, 2.24) is 5.32 Å². The fourth-order valence-corrected chi connectivity index (χ4v) is 2.77. The molecule has 3 N–H and O–H groups in total. The maximum atomic E-state index is 12.1. The number of ether oxygens (including phenoxy) is 1. The van der Waals surface area contributed by atoms with Crippen LogP contribution in [0.15, 0.2) is 24.3 Å². The van der Waals surface area contributed by atoms with E-state index in [0.717, 1.165) is 43.4 Å². The van der Waals surface area contributed by atoms with Crippen LogP contribution in [0.2, 0.25) is 0 Å². The van der Waals surface area contributed by atoms with Crippen LogP contribution in [0, 0.1) is 5.92 Å². The number of carbonyl (C=O) groups excluding carboxylic acids is 1. The summed E-state index contributed by atoms with van der Waals surface area (Å²) in [6.45, 7) is 0.648. The average molecular weight is 276 g/mol. The second-order valence-corrected chi connectivity index (χ2v) is 5.45. The van der Waals surface area contributed by atoms with Gasteiger partial charge in [0.2, 0.25) is 5.91 Å². The SMILES string of the molecule is COc1cccc(CCNC(=O)C2CCCCC2N)c1. The largest absolute Gasteiger partial charge is 0.497 e. The van der Waals surface area contributed by atoms with Gasteiger partial charge in [0.05, 0.1) is 13.0 Å². The van der Waals surface area contributed by atoms with Crippen molar-refractivity contribution >= 4 is 5.91 Å². The Morgan fingerprint density at radius 1 is 1.40 bits per heavy atom. The number of rotatable bonds is 5. The minimum Gasteiger partial charge on any atom is -0.497 e. The third kappa shape index (κ3) is 3.97. The van der Waals surface area contributed by atoms with Crippen LogP contribution in [0.4, 0.5) is 0 Å². The third-order valence-electron chi connectivity index (χ3n) is 4.00. The highest BCUT2D eigenvalue weighted by Gasteiger charge is 2.27. The van der Waals surface area contributed by atoms with E-state index < -0.39 is 0 Å². The predicted octanol–water partition coefficient (Wildman–Crippen LogP) is 1.87. The van der Waals surface area contributed by atoms with E-state index in [-0.39, 0.29) is 17.9 Å². The summed E-state index contributed by atoms with van der Waals surface area (Å²) in [5, 5.41) is 3.01. The van der Waals surface area contributed by atoms with E-state index >= 15 is 0 Å². The number of methoxy groups -OCH3 is 1. The highest BCUT2D eigenvalue weighted by Crippen LogP contribution is 2.23. The molecule has 0 aromatic heterocycles. The molecule has 1 aromatic carbocycles. The van der Waals surface area contributed by atoms with Crippen molar-refractivity contribution in [1.29, 1.82) is 0 Å². The summed E-state index contributed by atoms with van der Waals surface area (Å²) in [6.07, 6.45) is 4.96. The molecule has 0 saturated heterocycles. The summed E-state index contributed by atoms with van der Waals surface area (Å²) in [7, 11) is 1.66. The standard InChI is InChI=1S/C16H24N2O2/c1-20-13-6-4-5-12(11-13)9-10-18-16(19)14-7-2-3-8-15(14)17/h4-6,11,14-15H,2-3,7-10,17H2,1H3,(H,18,19). The zero-order chi connectivity index (χ0) is 14.4. The van der Waals surface area contributed by atoms with Crippen molar-refractivity contribution in [2.45, 2.75) is 38.1 Å². The molecule has 1 fully saturated rings. The highest BCUT2D eigenvalue weighted by atomic mass is 16.5. The second kappa shape index (κ2) is 7.29. The van der Waals surface area contributed by atoms with Crippen molar-refractivity contribution in [3.8, 4) is 5.75 Å². The number of carbonyl (C=O) groups is 1. The molecule has 0 radical (unpaired) electrons. The molecular formula is C16H24N2O2. The van der Waals surface area contributed by atoms with Gasteiger partial charge in [0.1, 0.15) is 5.75 Å². The second-order valence-electron chi connectivity index (χ2n) is 5.45. The number of benzene rings is 1. The van der Waals surface area contributed by atoms with Gasteiger partial charge in [0.25, 0.3) is 0 Å². The lowest BCUT2D eigenvalue weighted by molar-refractivity contribution is -0.126. The third-order valence-corrected chi connectivity index (χ3v) is 4.00. The van der Waals surface area contributed by atoms with Gasteiger partial charge in [0.15, 0.2) is 0 Å². The van der Waals surface area contributed by atoms with Gasteiger partial charge in [-0.3, -0.25) is 4.79 Å². The minimum absolute atomic E-state index is 0.00550. The van der Waals surface area contributed by atoms with Crippen LogP contribution < -0.4 is 15.8 Å². The molecule has 2 atom stereocenters. The summed E-state index contributed by atoms with van der Waals surface area (Å²) in [4.78, 5) is 12.1. The number of hydrogen-bond acceptors (Lipinski definition) is 3. The van der Waals surface area contributed by atoms with Gasteiger partial charge in [-0.15, -0.1) is 0 Å². The topological polar surface area (TPSA) is 64.3 Å². The van der Waals surface area contributed by atoms with Crippen LogP contribution in [0.5, 0.6) is 5.75 Å². The van der Waals surface area contributed by atoms with Gasteiger partial charge < -0.3 is 15.8 Å². The Bertz CT molecular complexity index is 448. The molecule has 1 amide bonds. The molecule has 2 rings (SSSR count). The Morgan fingerprint density at radius 3 is 2.95 bits per heavy atom. The van der Waals surface area contributed by atoms with Crippen molar-refractivity contribution in [3.05, 3.63) is 29.8 Å². The molecule has 2 unspecified atom stereocenters. The van der Waals surface area contributed by atoms with Gasteiger partial charge in [-0.25, -0.2) is 0 Å². The highest BCUT2D eigenvalue weighted by molar-refractivity contribution is 5.79. The Kier molecular flexibility index (Phi) is 5.41. The first kappa shape index (κ1) is 14.9. The zero-order valence-electron chi connectivity index (χ0n) is 12.1. The van der Waals surface area contributed by atoms with Crippen molar-refractivity contribution in [3.63, 3.8) is 0 Å². The van der Waals surface area contributed by atoms with Crippen LogP contribution in [0.3, 0.4) is 0 Å². The van der Waals surface area contributed by atoms with E-state index in [0.29, 0.717) is 6.54 Å². The molecule has 0 spiro atoms. The minimum atomic E-state index is -0.00550. The van der Waals surface area contributed by atoms with Crippen LogP contribution in [-0.2, 0) is 11.2 Å². The Morgan fingerprint density at radius 2 is 2.20 bits per heavy atom. The van der Waals surface area contributed by atoms with Crippen molar-refractivity contribution in [2.24, 2.45) is 11.7 Å². The Labute approximate surface area is 120 Å². The smallest absolute Gasteiger partial charge is 0.224 e. The normalized spacial score (nSPS) is 22.3. The number of nitrogens with one attached hydrogen (secondary N) is 1. The molecule has 0 heterocycles. The van der Waals surface area contributed by atoms with E-state index in [1.165, 1.54) is 0 Å². The van der Waals surface area contributed by atoms with Crippen LogP contribution in [-0.4, -0.2) is 25.6 Å². The lowest BCUT2D eigenvalue weighted by Gasteiger charge is -2.27. The maximum absolute atomic E-state index is 12.1. The molecule has 4 nitrogen and oxygen atoms in total. The average Bonchev–Trinajstić information content (AvgIpc) is 2.48. The van der Waals surface area contributed by atoms with Gasteiger partial charge in [-0.2, -0.15) is 0 Å². The Hall–Kier alpha value is -1.55. The fraction of sp³-hybridized carbons (Fsp3) is 0.562. The zero-order valence-corrected chi connectivity index (χ0v) is 12.1. The summed E-state index contributed by atoms with van der Waals surface area (Å²) in [5.74, 6) is 0.956.